The van der Waals surface area contributed by atoms with Gasteiger partial charge in [0.2, 0.25) is 0 Å². The van der Waals surface area contributed by atoms with Crippen molar-refractivity contribution in [1.29, 1.82) is 0 Å². The molecule has 8 heteroatoms. The number of hydrogen-bond donors (Lipinski definition) is 1. The lowest BCUT2D eigenvalue weighted by atomic mass is 10.1. The monoisotopic (exact) mass is 390 g/mol. The van der Waals surface area contributed by atoms with Crippen molar-refractivity contribution in [2.75, 3.05) is 13.7 Å². The maximum Gasteiger partial charge on any atom is 0.338 e. The predicted molar refractivity (Wildman–Crippen MR) is 101 cm³/mol. The number of esters is 1. The summed E-state index contributed by atoms with van der Waals surface area (Å²) in [5.74, 6) is 0.530. The van der Waals surface area contributed by atoms with E-state index >= 15 is 0 Å². The number of rotatable bonds is 7. The SMILES string of the molecule is COc1cc(C(=O)OCC(=O)NC(C)(C)C)ccc1OCc1c(C)noc1C. The lowest BCUT2D eigenvalue weighted by Gasteiger charge is -2.20. The normalized spacial score (nSPS) is 11.1. The highest BCUT2D eigenvalue weighted by molar-refractivity contribution is 5.92. The Morgan fingerprint density at radius 1 is 1.18 bits per heavy atom. The molecule has 0 saturated heterocycles. The molecule has 2 aromatic rings. The summed E-state index contributed by atoms with van der Waals surface area (Å²) < 4.78 is 21.3. The Morgan fingerprint density at radius 2 is 1.89 bits per heavy atom. The number of carbonyl (C=O) groups is 2. The van der Waals surface area contributed by atoms with Gasteiger partial charge in [0.25, 0.3) is 5.91 Å². The standard InChI is InChI=1S/C20H26N2O6/c1-12-15(13(2)28-22-12)10-26-16-8-7-14(9-17(16)25-6)19(24)27-11-18(23)21-20(3,4)5/h7-9H,10-11H2,1-6H3,(H,21,23). The van der Waals surface area contributed by atoms with Crippen LogP contribution in [-0.2, 0) is 16.1 Å². The maximum absolute atomic E-state index is 12.2. The van der Waals surface area contributed by atoms with Gasteiger partial charge in [0.1, 0.15) is 12.4 Å². The zero-order valence-electron chi connectivity index (χ0n) is 17.0. The molecule has 0 bridgehead atoms. The van der Waals surface area contributed by atoms with Gasteiger partial charge in [-0.15, -0.1) is 0 Å². The Kier molecular flexibility index (Phi) is 6.66. The van der Waals surface area contributed by atoms with Crippen molar-refractivity contribution in [3.05, 3.63) is 40.8 Å². The number of hydrogen-bond acceptors (Lipinski definition) is 7. The minimum absolute atomic E-state index is 0.255. The van der Waals surface area contributed by atoms with Crippen molar-refractivity contribution < 1.29 is 28.3 Å². The second-order valence-corrected chi connectivity index (χ2v) is 7.33. The van der Waals surface area contributed by atoms with Crippen LogP contribution in [0, 0.1) is 13.8 Å². The zero-order valence-corrected chi connectivity index (χ0v) is 17.0. The van der Waals surface area contributed by atoms with Crippen LogP contribution < -0.4 is 14.8 Å². The van der Waals surface area contributed by atoms with Gasteiger partial charge >= 0.3 is 5.97 Å². The van der Waals surface area contributed by atoms with Crippen LogP contribution in [0.1, 0.15) is 48.1 Å². The molecule has 2 rings (SSSR count). The van der Waals surface area contributed by atoms with Gasteiger partial charge in [0, 0.05) is 5.54 Å². The van der Waals surface area contributed by atoms with Crippen LogP contribution in [0.5, 0.6) is 11.5 Å². The molecule has 1 heterocycles. The number of nitrogens with one attached hydrogen (secondary N) is 1. The minimum Gasteiger partial charge on any atom is -0.493 e. The van der Waals surface area contributed by atoms with Gasteiger partial charge in [-0.1, -0.05) is 5.16 Å². The topological polar surface area (TPSA) is 99.9 Å². The van der Waals surface area contributed by atoms with Gasteiger partial charge in [0.05, 0.1) is 23.9 Å². The summed E-state index contributed by atoms with van der Waals surface area (Å²) in [7, 11) is 1.48. The van der Waals surface area contributed by atoms with E-state index in [0.29, 0.717) is 17.3 Å². The molecular formula is C20H26N2O6. The highest BCUT2D eigenvalue weighted by Crippen LogP contribution is 2.29. The molecule has 1 aromatic heterocycles. The quantitative estimate of drug-likeness (QED) is 0.726. The maximum atomic E-state index is 12.2. The van der Waals surface area contributed by atoms with Crippen molar-refractivity contribution in [2.45, 2.75) is 46.8 Å². The molecule has 8 nitrogen and oxygen atoms in total. The largest absolute Gasteiger partial charge is 0.493 e. The van der Waals surface area contributed by atoms with E-state index in [9.17, 15) is 9.59 Å². The summed E-state index contributed by atoms with van der Waals surface area (Å²) in [5, 5.41) is 6.61. The summed E-state index contributed by atoms with van der Waals surface area (Å²) in [5.41, 5.74) is 1.47. The second kappa shape index (κ2) is 8.77. The van der Waals surface area contributed by atoms with Crippen molar-refractivity contribution in [1.82, 2.24) is 10.5 Å². The number of carbonyl (C=O) groups excluding carboxylic acids is 2. The van der Waals surface area contributed by atoms with E-state index < -0.39 is 11.5 Å². The highest BCUT2D eigenvalue weighted by atomic mass is 16.5. The number of ether oxygens (including phenoxy) is 3. The van der Waals surface area contributed by atoms with Gasteiger partial charge in [-0.05, 0) is 52.8 Å². The average Bonchev–Trinajstić information content (AvgIpc) is 2.94. The van der Waals surface area contributed by atoms with Crippen LogP contribution in [0.2, 0.25) is 0 Å². The van der Waals surface area contributed by atoms with Crippen LogP contribution in [0.15, 0.2) is 22.7 Å². The number of nitrogens with zero attached hydrogens (tertiary/aromatic N) is 1. The Bertz CT molecular complexity index is 831. The molecule has 0 unspecified atom stereocenters. The fourth-order valence-electron chi connectivity index (χ4n) is 2.44. The summed E-state index contributed by atoms with van der Waals surface area (Å²) in [6, 6.07) is 4.67. The van der Waals surface area contributed by atoms with E-state index in [4.69, 9.17) is 18.7 Å². The Labute approximate surface area is 164 Å². The summed E-state index contributed by atoms with van der Waals surface area (Å²) in [6.07, 6.45) is 0. The molecular weight excluding hydrogens is 364 g/mol. The number of aromatic nitrogens is 1. The highest BCUT2D eigenvalue weighted by Gasteiger charge is 2.18. The minimum atomic E-state index is -0.625. The van der Waals surface area contributed by atoms with E-state index in [0.717, 1.165) is 11.3 Å². The summed E-state index contributed by atoms with van der Waals surface area (Å²) in [4.78, 5) is 24.0. The lowest BCUT2D eigenvalue weighted by molar-refractivity contribution is -0.125. The average molecular weight is 390 g/mol. The third-order valence-electron chi connectivity index (χ3n) is 3.80. The molecule has 0 radical (unpaired) electrons. The van der Waals surface area contributed by atoms with E-state index in [-0.39, 0.29) is 24.7 Å². The Hall–Kier alpha value is -3.03. The van der Waals surface area contributed by atoms with Crippen LogP contribution in [-0.4, -0.2) is 36.3 Å². The molecule has 1 amide bonds. The third-order valence-corrected chi connectivity index (χ3v) is 3.80. The second-order valence-electron chi connectivity index (χ2n) is 7.33. The van der Waals surface area contributed by atoms with Crippen molar-refractivity contribution >= 4 is 11.9 Å². The van der Waals surface area contributed by atoms with Gasteiger partial charge in [0.15, 0.2) is 18.1 Å². The van der Waals surface area contributed by atoms with Crippen LogP contribution in [0.3, 0.4) is 0 Å². The van der Waals surface area contributed by atoms with Crippen molar-refractivity contribution in [3.63, 3.8) is 0 Å². The number of aryl methyl sites for hydroxylation is 2. The number of amides is 1. The Morgan fingerprint density at radius 3 is 2.46 bits per heavy atom. The first-order valence-electron chi connectivity index (χ1n) is 8.81. The molecule has 0 atom stereocenters. The molecule has 1 N–H and O–H groups in total. The molecule has 1 aromatic carbocycles. The molecule has 152 valence electrons. The molecule has 0 aliphatic rings. The lowest BCUT2D eigenvalue weighted by Crippen LogP contribution is -2.42. The van der Waals surface area contributed by atoms with Crippen LogP contribution in [0.25, 0.3) is 0 Å². The predicted octanol–water partition coefficient (Wildman–Crippen LogP) is 2.95. The van der Waals surface area contributed by atoms with Crippen LogP contribution >= 0.6 is 0 Å². The van der Waals surface area contributed by atoms with Crippen molar-refractivity contribution in [2.24, 2.45) is 0 Å². The van der Waals surface area contributed by atoms with E-state index in [1.807, 2.05) is 34.6 Å². The first kappa shape index (κ1) is 21.3. The third kappa shape index (κ3) is 5.73. The van der Waals surface area contributed by atoms with Crippen molar-refractivity contribution in [3.8, 4) is 11.5 Å². The van der Waals surface area contributed by atoms with Gasteiger partial charge in [-0.2, -0.15) is 0 Å². The number of benzene rings is 1. The molecule has 0 fully saturated rings. The number of methoxy groups -OCH3 is 1. The molecule has 0 aliphatic heterocycles. The van der Waals surface area contributed by atoms with Gasteiger partial charge in [-0.25, -0.2) is 4.79 Å². The van der Waals surface area contributed by atoms with E-state index in [2.05, 4.69) is 10.5 Å². The van der Waals surface area contributed by atoms with Gasteiger partial charge in [-0.3, -0.25) is 4.79 Å². The zero-order chi connectivity index (χ0) is 20.9. The van der Waals surface area contributed by atoms with E-state index in [1.54, 1.807) is 12.1 Å². The smallest absolute Gasteiger partial charge is 0.338 e. The molecule has 0 spiro atoms. The molecule has 28 heavy (non-hydrogen) atoms. The summed E-state index contributed by atoms with van der Waals surface area (Å²) in [6.45, 7) is 9.08. The van der Waals surface area contributed by atoms with Crippen LogP contribution in [0.4, 0.5) is 0 Å². The van der Waals surface area contributed by atoms with E-state index in [1.165, 1.54) is 13.2 Å². The Balaban J connectivity index is 2.01. The first-order chi connectivity index (χ1) is 13.1. The molecule has 0 saturated carbocycles. The fourth-order valence-corrected chi connectivity index (χ4v) is 2.44. The van der Waals surface area contributed by atoms with Gasteiger partial charge < -0.3 is 24.1 Å². The first-order valence-corrected chi connectivity index (χ1v) is 8.81. The molecule has 0 aliphatic carbocycles. The fraction of sp³-hybridized carbons (Fsp3) is 0.450. The summed E-state index contributed by atoms with van der Waals surface area (Å²) >= 11 is 0.